The number of thioether (sulfide) groups is 1. The van der Waals surface area contributed by atoms with Crippen molar-refractivity contribution in [2.75, 3.05) is 32.9 Å². The fourth-order valence-corrected chi connectivity index (χ4v) is 4.76. The molecule has 2 fully saturated rings. The minimum absolute atomic E-state index is 0.0777. The van der Waals surface area contributed by atoms with Crippen LogP contribution in [0.2, 0.25) is 0 Å². The molecule has 1 amide bonds. The average molecular weight is 337 g/mol. The molecule has 6 nitrogen and oxygen atoms in total. The van der Waals surface area contributed by atoms with Crippen LogP contribution in [0.15, 0.2) is 16.1 Å². The Morgan fingerprint density at radius 3 is 3.17 bits per heavy atom. The first kappa shape index (κ1) is 15.5. The van der Waals surface area contributed by atoms with Gasteiger partial charge in [0.2, 0.25) is 5.91 Å². The number of aliphatic imine (C=N–C) groups is 1. The van der Waals surface area contributed by atoms with Gasteiger partial charge in [0.15, 0.2) is 5.17 Å². The standard InChI is InChI=1S/C16H23N3O3S/c20-14(9-13-11-23-15-17-4-5-19(13)15)18-12-1-6-22-16(10-12)2-7-21-8-3-16/h11-12H,1-10H2,(H,18,20). The van der Waals surface area contributed by atoms with Gasteiger partial charge in [-0.05, 0) is 31.1 Å². The van der Waals surface area contributed by atoms with E-state index in [0.717, 1.165) is 69.5 Å². The molecule has 7 heteroatoms. The number of hydrogen-bond donors (Lipinski definition) is 1. The topological polar surface area (TPSA) is 63.2 Å². The molecule has 0 radical (unpaired) electrons. The van der Waals surface area contributed by atoms with Crippen molar-refractivity contribution >= 4 is 22.8 Å². The molecule has 1 N–H and O–H groups in total. The molecule has 1 spiro atoms. The Balaban J connectivity index is 1.31. The fourth-order valence-electron chi connectivity index (χ4n) is 3.80. The molecule has 4 aliphatic heterocycles. The number of ether oxygens (including phenoxy) is 2. The first-order valence-corrected chi connectivity index (χ1v) is 9.31. The maximum absolute atomic E-state index is 12.4. The summed E-state index contributed by atoms with van der Waals surface area (Å²) in [5.74, 6) is 0.110. The molecule has 126 valence electrons. The van der Waals surface area contributed by atoms with Crippen LogP contribution in [0.3, 0.4) is 0 Å². The number of rotatable bonds is 3. The van der Waals surface area contributed by atoms with E-state index in [-0.39, 0.29) is 17.6 Å². The van der Waals surface area contributed by atoms with E-state index in [2.05, 4.69) is 20.6 Å². The highest BCUT2D eigenvalue weighted by Crippen LogP contribution is 2.35. The Labute approximate surface area is 140 Å². The Hall–Kier alpha value is -1.05. The predicted octanol–water partition coefficient (Wildman–Crippen LogP) is 1.48. The maximum Gasteiger partial charge on any atom is 0.226 e. The van der Waals surface area contributed by atoms with Gasteiger partial charge in [0.1, 0.15) is 0 Å². The summed E-state index contributed by atoms with van der Waals surface area (Å²) in [5.41, 5.74) is 1.00. The largest absolute Gasteiger partial charge is 0.381 e. The Bertz CT molecular complexity index is 537. The van der Waals surface area contributed by atoms with Crippen LogP contribution in [0.4, 0.5) is 0 Å². The molecule has 0 aromatic heterocycles. The van der Waals surface area contributed by atoms with Crippen LogP contribution in [0, 0.1) is 0 Å². The van der Waals surface area contributed by atoms with Gasteiger partial charge in [-0.2, -0.15) is 0 Å². The fraction of sp³-hybridized carbons (Fsp3) is 0.750. The van der Waals surface area contributed by atoms with E-state index < -0.39 is 0 Å². The van der Waals surface area contributed by atoms with Crippen LogP contribution in [0.1, 0.15) is 32.1 Å². The minimum Gasteiger partial charge on any atom is -0.381 e. The lowest BCUT2D eigenvalue weighted by Gasteiger charge is -2.43. The smallest absolute Gasteiger partial charge is 0.226 e. The van der Waals surface area contributed by atoms with Crippen molar-refractivity contribution in [3.05, 3.63) is 11.1 Å². The Morgan fingerprint density at radius 2 is 2.30 bits per heavy atom. The third-order valence-corrected chi connectivity index (χ3v) is 6.00. The molecular weight excluding hydrogens is 314 g/mol. The molecule has 0 bridgehead atoms. The molecule has 23 heavy (non-hydrogen) atoms. The Kier molecular flexibility index (Phi) is 4.34. The molecule has 0 aliphatic carbocycles. The highest BCUT2D eigenvalue weighted by atomic mass is 32.2. The zero-order chi connectivity index (χ0) is 15.7. The predicted molar refractivity (Wildman–Crippen MR) is 89.2 cm³/mol. The van der Waals surface area contributed by atoms with Gasteiger partial charge in [-0.1, -0.05) is 11.8 Å². The monoisotopic (exact) mass is 337 g/mol. The van der Waals surface area contributed by atoms with Gasteiger partial charge in [0, 0.05) is 38.1 Å². The van der Waals surface area contributed by atoms with E-state index in [9.17, 15) is 4.79 Å². The van der Waals surface area contributed by atoms with E-state index in [1.807, 2.05) is 0 Å². The van der Waals surface area contributed by atoms with Crippen molar-refractivity contribution < 1.29 is 14.3 Å². The molecule has 4 heterocycles. The van der Waals surface area contributed by atoms with Crippen molar-refractivity contribution in [3.63, 3.8) is 0 Å². The number of nitrogens with zero attached hydrogens (tertiary/aromatic N) is 2. The first-order valence-electron chi connectivity index (χ1n) is 8.43. The highest BCUT2D eigenvalue weighted by molar-refractivity contribution is 8.16. The van der Waals surface area contributed by atoms with Gasteiger partial charge in [0.05, 0.1) is 18.6 Å². The second kappa shape index (κ2) is 6.45. The summed E-state index contributed by atoms with van der Waals surface area (Å²) in [6, 6.07) is 0.218. The van der Waals surface area contributed by atoms with Crippen LogP contribution >= 0.6 is 11.8 Å². The van der Waals surface area contributed by atoms with E-state index in [4.69, 9.17) is 9.47 Å². The molecule has 1 atom stereocenters. The van der Waals surface area contributed by atoms with Gasteiger partial charge >= 0.3 is 0 Å². The second-order valence-corrected chi connectivity index (χ2v) is 7.46. The lowest BCUT2D eigenvalue weighted by Crippen LogP contribution is -2.51. The van der Waals surface area contributed by atoms with Crippen LogP contribution in [0.25, 0.3) is 0 Å². The summed E-state index contributed by atoms with van der Waals surface area (Å²) in [4.78, 5) is 19.0. The van der Waals surface area contributed by atoms with Gasteiger partial charge in [-0.25, -0.2) is 0 Å². The molecule has 0 aromatic rings. The van der Waals surface area contributed by atoms with E-state index >= 15 is 0 Å². The van der Waals surface area contributed by atoms with E-state index in [0.29, 0.717) is 6.42 Å². The maximum atomic E-state index is 12.4. The normalized spacial score (nSPS) is 29.2. The minimum atomic E-state index is -0.0777. The first-order chi connectivity index (χ1) is 11.2. The second-order valence-electron chi connectivity index (χ2n) is 6.62. The third kappa shape index (κ3) is 3.27. The van der Waals surface area contributed by atoms with E-state index in [1.165, 1.54) is 0 Å². The summed E-state index contributed by atoms with van der Waals surface area (Å²) in [6.45, 7) is 4.00. The third-order valence-electron chi connectivity index (χ3n) is 5.05. The van der Waals surface area contributed by atoms with Gasteiger partial charge in [0.25, 0.3) is 0 Å². The summed E-state index contributed by atoms with van der Waals surface area (Å²) in [7, 11) is 0. The van der Waals surface area contributed by atoms with Crippen molar-refractivity contribution in [1.82, 2.24) is 10.2 Å². The number of amides is 1. The number of hydrogen-bond acceptors (Lipinski definition) is 6. The number of fused-ring (bicyclic) bond motifs is 1. The van der Waals surface area contributed by atoms with Crippen LogP contribution in [-0.4, -0.2) is 60.5 Å². The van der Waals surface area contributed by atoms with Crippen molar-refractivity contribution in [2.24, 2.45) is 4.99 Å². The van der Waals surface area contributed by atoms with E-state index in [1.54, 1.807) is 11.8 Å². The van der Waals surface area contributed by atoms with Crippen LogP contribution < -0.4 is 5.32 Å². The molecule has 0 saturated carbocycles. The van der Waals surface area contributed by atoms with Crippen molar-refractivity contribution in [1.29, 1.82) is 0 Å². The quantitative estimate of drug-likeness (QED) is 0.845. The number of carbonyl (C=O) groups is 1. The number of amidine groups is 1. The average Bonchev–Trinajstić information content (AvgIpc) is 3.13. The Morgan fingerprint density at radius 1 is 1.43 bits per heavy atom. The molecule has 1 unspecified atom stereocenters. The molecule has 4 rings (SSSR count). The van der Waals surface area contributed by atoms with Crippen molar-refractivity contribution in [3.8, 4) is 0 Å². The summed E-state index contributed by atoms with van der Waals surface area (Å²) < 4.78 is 11.5. The summed E-state index contributed by atoms with van der Waals surface area (Å²) in [6.07, 6.45) is 4.13. The molecular formula is C16H23N3O3S. The molecule has 4 aliphatic rings. The van der Waals surface area contributed by atoms with Gasteiger partial charge < -0.3 is 19.7 Å². The lowest BCUT2D eigenvalue weighted by molar-refractivity contribution is -0.143. The summed E-state index contributed by atoms with van der Waals surface area (Å²) in [5, 5.41) is 6.32. The number of carbonyl (C=O) groups excluding carboxylic acids is 1. The van der Waals surface area contributed by atoms with Crippen LogP contribution in [0.5, 0.6) is 0 Å². The molecule has 2 saturated heterocycles. The summed E-state index contributed by atoms with van der Waals surface area (Å²) >= 11 is 1.63. The zero-order valence-corrected chi connectivity index (χ0v) is 14.1. The zero-order valence-electron chi connectivity index (χ0n) is 13.3. The highest BCUT2D eigenvalue weighted by Gasteiger charge is 2.39. The molecule has 0 aromatic carbocycles. The van der Waals surface area contributed by atoms with Gasteiger partial charge in [-0.15, -0.1) is 0 Å². The van der Waals surface area contributed by atoms with Crippen LogP contribution in [-0.2, 0) is 14.3 Å². The number of nitrogens with one attached hydrogen (secondary N) is 1. The van der Waals surface area contributed by atoms with Crippen molar-refractivity contribution in [2.45, 2.75) is 43.7 Å². The SMILES string of the molecule is O=C(CC1=CSC2=NCCN12)NC1CCOC2(CCOCC2)C1. The van der Waals surface area contributed by atoms with Gasteiger partial charge in [-0.3, -0.25) is 9.79 Å². The lowest BCUT2D eigenvalue weighted by atomic mass is 9.84.